The van der Waals surface area contributed by atoms with Crippen molar-refractivity contribution in [2.45, 2.75) is 31.8 Å². The van der Waals surface area contributed by atoms with E-state index < -0.39 is 0 Å². The van der Waals surface area contributed by atoms with Crippen LogP contribution in [0.3, 0.4) is 0 Å². The van der Waals surface area contributed by atoms with Gasteiger partial charge in [0.2, 0.25) is 0 Å². The Morgan fingerprint density at radius 3 is 3.26 bits per heavy atom. The van der Waals surface area contributed by atoms with E-state index in [4.69, 9.17) is 0 Å². The Morgan fingerprint density at radius 1 is 1.58 bits per heavy atom. The molecule has 1 saturated heterocycles. The van der Waals surface area contributed by atoms with Crippen molar-refractivity contribution < 1.29 is 0 Å². The molecule has 0 spiro atoms. The highest BCUT2D eigenvalue weighted by Gasteiger charge is 2.21. The third-order valence-electron chi connectivity index (χ3n) is 4.16. The minimum absolute atomic E-state index is 0.369. The lowest BCUT2D eigenvalue weighted by atomic mass is 10.1. The average molecular weight is 275 g/mol. The molecule has 2 unspecified atom stereocenters. The van der Waals surface area contributed by atoms with Gasteiger partial charge in [-0.1, -0.05) is 0 Å². The summed E-state index contributed by atoms with van der Waals surface area (Å²) in [6, 6.07) is 5.41. The zero-order chi connectivity index (χ0) is 13.2. The minimum atomic E-state index is 0.369. The van der Waals surface area contributed by atoms with Crippen LogP contribution in [0, 0.1) is 0 Å². The van der Waals surface area contributed by atoms with E-state index in [-0.39, 0.29) is 0 Å². The van der Waals surface area contributed by atoms with Crippen molar-refractivity contribution in [1.82, 2.24) is 15.2 Å². The number of nitrogens with zero attached hydrogens (tertiary/aromatic N) is 2. The van der Waals surface area contributed by atoms with Crippen molar-refractivity contribution in [3.8, 4) is 0 Å². The Balaban J connectivity index is 1.64. The maximum absolute atomic E-state index is 4.52. The zero-order valence-electron chi connectivity index (χ0n) is 11.6. The fourth-order valence-electron chi connectivity index (χ4n) is 2.77. The van der Waals surface area contributed by atoms with Crippen molar-refractivity contribution in [3.63, 3.8) is 0 Å². The van der Waals surface area contributed by atoms with Crippen LogP contribution in [0.4, 0.5) is 0 Å². The summed E-state index contributed by atoms with van der Waals surface area (Å²) in [4.78, 5) is 6.98. The summed E-state index contributed by atoms with van der Waals surface area (Å²) in [5, 5.41) is 5.76. The quantitative estimate of drug-likeness (QED) is 0.929. The number of rotatable bonds is 4. The zero-order valence-corrected chi connectivity index (χ0v) is 12.4. The Labute approximate surface area is 118 Å². The molecule has 3 heterocycles. The van der Waals surface area contributed by atoms with Crippen molar-refractivity contribution in [2.24, 2.45) is 0 Å². The van der Waals surface area contributed by atoms with Crippen LogP contribution in [0.5, 0.6) is 0 Å². The molecule has 2 atom stereocenters. The van der Waals surface area contributed by atoms with Gasteiger partial charge in [0.25, 0.3) is 0 Å². The monoisotopic (exact) mass is 275 g/mol. The Kier molecular flexibility index (Phi) is 3.82. The van der Waals surface area contributed by atoms with Crippen LogP contribution >= 0.6 is 11.3 Å². The number of hydrogen-bond acceptors (Lipinski definition) is 4. The first-order valence-corrected chi connectivity index (χ1v) is 7.89. The Hall–Kier alpha value is -0.970. The van der Waals surface area contributed by atoms with Crippen molar-refractivity contribution in [1.29, 1.82) is 0 Å². The molecule has 102 valence electrons. The molecule has 1 fully saturated rings. The number of thiophene rings is 1. The first kappa shape index (κ1) is 13.0. The maximum atomic E-state index is 4.52. The number of hydrogen-bond donors (Lipinski definition) is 1. The number of pyridine rings is 1. The standard InChI is InChI=1S/C15H21N3S/c1-11(16-10-13-4-3-6-18(13)2)12-8-15-14(17-9-12)5-7-19-15/h5,7-9,11,13,16H,3-4,6,10H2,1-2H3. The molecule has 0 bridgehead atoms. The molecule has 0 aliphatic carbocycles. The molecule has 0 saturated carbocycles. The lowest BCUT2D eigenvalue weighted by Gasteiger charge is -2.22. The van der Waals surface area contributed by atoms with E-state index in [1.54, 1.807) is 11.3 Å². The van der Waals surface area contributed by atoms with Gasteiger partial charge >= 0.3 is 0 Å². The van der Waals surface area contributed by atoms with Gasteiger partial charge in [-0.2, -0.15) is 0 Å². The largest absolute Gasteiger partial charge is 0.309 e. The smallest absolute Gasteiger partial charge is 0.0809 e. The van der Waals surface area contributed by atoms with Gasteiger partial charge in [-0.15, -0.1) is 11.3 Å². The number of aromatic nitrogens is 1. The topological polar surface area (TPSA) is 28.2 Å². The van der Waals surface area contributed by atoms with E-state index in [1.807, 2.05) is 6.20 Å². The van der Waals surface area contributed by atoms with Gasteiger partial charge in [0.1, 0.15) is 0 Å². The maximum Gasteiger partial charge on any atom is 0.0809 e. The van der Waals surface area contributed by atoms with E-state index in [1.165, 1.54) is 29.6 Å². The van der Waals surface area contributed by atoms with Gasteiger partial charge in [-0.25, -0.2) is 0 Å². The molecular formula is C15H21N3S. The number of fused-ring (bicyclic) bond motifs is 1. The normalized spacial score (nSPS) is 22.1. The van der Waals surface area contributed by atoms with Crippen molar-refractivity contribution in [3.05, 3.63) is 29.3 Å². The lowest BCUT2D eigenvalue weighted by Crippen LogP contribution is -2.36. The highest BCUT2D eigenvalue weighted by molar-refractivity contribution is 7.17. The molecule has 0 radical (unpaired) electrons. The van der Waals surface area contributed by atoms with Crippen LogP contribution < -0.4 is 5.32 Å². The summed E-state index contributed by atoms with van der Waals surface area (Å²) >= 11 is 1.76. The molecule has 2 aromatic heterocycles. The number of likely N-dealkylation sites (N-methyl/N-ethyl adjacent to an activating group) is 1. The van der Waals surface area contributed by atoms with Crippen LogP contribution in [0.2, 0.25) is 0 Å². The van der Waals surface area contributed by atoms with Gasteiger partial charge in [0.05, 0.1) is 10.2 Å². The fraction of sp³-hybridized carbons (Fsp3) is 0.533. The summed E-state index contributed by atoms with van der Waals surface area (Å²) in [5.41, 5.74) is 2.40. The fourth-order valence-corrected chi connectivity index (χ4v) is 3.56. The molecule has 1 aliphatic rings. The average Bonchev–Trinajstić information content (AvgIpc) is 3.03. The molecule has 1 aliphatic heterocycles. The molecule has 19 heavy (non-hydrogen) atoms. The third-order valence-corrected chi connectivity index (χ3v) is 5.01. The SMILES string of the molecule is CC(NCC1CCCN1C)c1cnc2ccsc2c1. The van der Waals surface area contributed by atoms with Crippen LogP contribution in [0.25, 0.3) is 10.2 Å². The summed E-state index contributed by atoms with van der Waals surface area (Å²) in [6.45, 7) is 4.54. The van der Waals surface area contributed by atoms with Gasteiger partial charge in [0, 0.05) is 24.8 Å². The predicted octanol–water partition coefficient (Wildman–Crippen LogP) is 3.04. The molecule has 4 heteroatoms. The number of nitrogens with one attached hydrogen (secondary N) is 1. The van der Waals surface area contributed by atoms with E-state index in [0.29, 0.717) is 12.1 Å². The predicted molar refractivity (Wildman–Crippen MR) is 81.7 cm³/mol. The second kappa shape index (κ2) is 5.57. The van der Waals surface area contributed by atoms with Gasteiger partial charge in [0.15, 0.2) is 0 Å². The molecule has 0 amide bonds. The molecule has 0 aromatic carbocycles. The lowest BCUT2D eigenvalue weighted by molar-refractivity contribution is 0.293. The molecule has 1 N–H and O–H groups in total. The minimum Gasteiger partial charge on any atom is -0.309 e. The van der Waals surface area contributed by atoms with E-state index in [9.17, 15) is 0 Å². The molecule has 3 rings (SSSR count). The third kappa shape index (κ3) is 2.81. The van der Waals surface area contributed by atoms with E-state index in [0.717, 1.165) is 12.1 Å². The summed E-state index contributed by atoms with van der Waals surface area (Å²) in [7, 11) is 2.23. The Bertz CT molecular complexity index is 551. The van der Waals surface area contributed by atoms with Crippen LogP contribution in [0.15, 0.2) is 23.7 Å². The second-order valence-electron chi connectivity index (χ2n) is 5.48. The van der Waals surface area contributed by atoms with E-state index >= 15 is 0 Å². The molecule has 2 aromatic rings. The van der Waals surface area contributed by atoms with E-state index in [2.05, 4.69) is 46.7 Å². The Morgan fingerprint density at radius 2 is 2.47 bits per heavy atom. The highest BCUT2D eigenvalue weighted by Crippen LogP contribution is 2.23. The summed E-state index contributed by atoms with van der Waals surface area (Å²) in [5.74, 6) is 0. The van der Waals surface area contributed by atoms with Crippen LogP contribution in [-0.4, -0.2) is 36.1 Å². The van der Waals surface area contributed by atoms with Crippen molar-refractivity contribution in [2.75, 3.05) is 20.1 Å². The van der Waals surface area contributed by atoms with Crippen LogP contribution in [0.1, 0.15) is 31.4 Å². The number of likely N-dealkylation sites (tertiary alicyclic amines) is 1. The molecular weight excluding hydrogens is 254 g/mol. The summed E-state index contributed by atoms with van der Waals surface area (Å²) < 4.78 is 1.28. The first-order chi connectivity index (χ1) is 9.24. The second-order valence-corrected chi connectivity index (χ2v) is 6.43. The highest BCUT2D eigenvalue weighted by atomic mass is 32.1. The van der Waals surface area contributed by atoms with Crippen LogP contribution in [-0.2, 0) is 0 Å². The van der Waals surface area contributed by atoms with Gasteiger partial charge in [-0.3, -0.25) is 4.98 Å². The van der Waals surface area contributed by atoms with Gasteiger partial charge < -0.3 is 10.2 Å². The summed E-state index contributed by atoms with van der Waals surface area (Å²) in [6.07, 6.45) is 4.66. The van der Waals surface area contributed by atoms with Crippen molar-refractivity contribution >= 4 is 21.6 Å². The molecule has 3 nitrogen and oxygen atoms in total. The first-order valence-electron chi connectivity index (χ1n) is 7.01. The van der Waals surface area contributed by atoms with Gasteiger partial charge in [-0.05, 0) is 56.4 Å².